The van der Waals surface area contributed by atoms with E-state index in [1.165, 1.54) is 0 Å². The van der Waals surface area contributed by atoms with Gasteiger partial charge in [0.05, 0.1) is 13.2 Å². The van der Waals surface area contributed by atoms with Crippen molar-refractivity contribution in [3.63, 3.8) is 0 Å². The summed E-state index contributed by atoms with van der Waals surface area (Å²) in [6.45, 7) is 6.22. The summed E-state index contributed by atoms with van der Waals surface area (Å²) in [6, 6.07) is 1.33. The molecule has 0 aliphatic carbocycles. The lowest BCUT2D eigenvalue weighted by Gasteiger charge is -2.22. The van der Waals surface area contributed by atoms with E-state index in [1.54, 1.807) is 0 Å². The summed E-state index contributed by atoms with van der Waals surface area (Å²) in [5.41, 5.74) is 0. The summed E-state index contributed by atoms with van der Waals surface area (Å²) < 4.78 is 5.26. The molecule has 1 rings (SSSR count). The molecule has 1 aliphatic rings. The predicted molar refractivity (Wildman–Crippen MR) is 31.7 cm³/mol. The zero-order valence-corrected chi connectivity index (χ0v) is 5.55. The first kappa shape index (κ1) is 6.05. The van der Waals surface area contributed by atoms with E-state index < -0.39 is 0 Å². The Bertz CT molecular complexity index is 66.9. The molecule has 0 saturated carbocycles. The molecule has 0 unspecified atom stereocenters. The van der Waals surface area contributed by atoms with Crippen molar-refractivity contribution in [3.8, 4) is 0 Å². The van der Waals surface area contributed by atoms with E-state index in [2.05, 4.69) is 19.2 Å². The minimum absolute atomic E-state index is 0.666. The minimum atomic E-state index is 0.666. The quantitative estimate of drug-likeness (QED) is 0.447. The Morgan fingerprint density at radius 2 is 1.75 bits per heavy atom. The fourth-order valence-electron chi connectivity index (χ4n) is 1.11. The van der Waals surface area contributed by atoms with Gasteiger partial charge in [-0.1, -0.05) is 0 Å². The fraction of sp³-hybridized carbons (Fsp3) is 1.00. The smallest absolute Gasteiger partial charge is 0.107 e. The first-order valence-electron chi connectivity index (χ1n) is 3.22. The Labute approximate surface area is 50.2 Å². The molecule has 0 aromatic carbocycles. The fourth-order valence-corrected chi connectivity index (χ4v) is 1.11. The number of hydrogen-bond acceptors (Lipinski definition) is 1. The molecule has 0 aromatic heterocycles. The molecule has 1 fully saturated rings. The van der Waals surface area contributed by atoms with Crippen LogP contribution in [0.4, 0.5) is 0 Å². The molecule has 48 valence electrons. The Hall–Kier alpha value is -0.0800. The van der Waals surface area contributed by atoms with Crippen LogP contribution in [0.3, 0.4) is 0 Å². The average Bonchev–Trinajstić information content (AvgIpc) is 1.64. The molecule has 2 N–H and O–H groups in total. The van der Waals surface area contributed by atoms with Gasteiger partial charge in [0.15, 0.2) is 0 Å². The molecule has 2 heteroatoms. The standard InChI is InChI=1S/C6H13NO/c1-5-3-8-4-6(2)7-5/h5-7H,3-4H2,1-2H3/p+1/t5-,6+. The van der Waals surface area contributed by atoms with Gasteiger partial charge in [-0.3, -0.25) is 0 Å². The molecule has 2 atom stereocenters. The first-order chi connectivity index (χ1) is 3.79. The summed E-state index contributed by atoms with van der Waals surface area (Å²) in [6.07, 6.45) is 0. The third-order valence-electron chi connectivity index (χ3n) is 1.42. The largest absolute Gasteiger partial charge is 0.369 e. The second-order valence-electron chi connectivity index (χ2n) is 2.68. The molecule has 1 aliphatic heterocycles. The summed E-state index contributed by atoms with van der Waals surface area (Å²) in [7, 11) is 0. The van der Waals surface area contributed by atoms with Gasteiger partial charge in [-0.05, 0) is 13.8 Å². The maximum Gasteiger partial charge on any atom is 0.107 e. The number of hydrogen-bond donors (Lipinski definition) is 1. The van der Waals surface area contributed by atoms with Crippen molar-refractivity contribution in [2.24, 2.45) is 0 Å². The first-order valence-corrected chi connectivity index (χ1v) is 3.22. The van der Waals surface area contributed by atoms with Gasteiger partial charge in [-0.2, -0.15) is 0 Å². The SMILES string of the molecule is C[C@@H]1COC[C@H](C)[NH2+]1. The second-order valence-corrected chi connectivity index (χ2v) is 2.68. The van der Waals surface area contributed by atoms with Crippen LogP contribution in [0.25, 0.3) is 0 Å². The van der Waals surface area contributed by atoms with Crippen LogP contribution >= 0.6 is 0 Å². The number of rotatable bonds is 0. The summed E-state index contributed by atoms with van der Waals surface area (Å²) >= 11 is 0. The molecule has 0 spiro atoms. The Kier molecular flexibility index (Phi) is 1.86. The Balaban J connectivity index is 2.23. The minimum Gasteiger partial charge on any atom is -0.369 e. The van der Waals surface area contributed by atoms with E-state index in [4.69, 9.17) is 4.74 Å². The molecule has 8 heavy (non-hydrogen) atoms. The zero-order chi connectivity index (χ0) is 5.98. The van der Waals surface area contributed by atoms with Crippen molar-refractivity contribution in [2.75, 3.05) is 13.2 Å². The lowest BCUT2D eigenvalue weighted by molar-refractivity contribution is -0.731. The average molecular weight is 116 g/mol. The van der Waals surface area contributed by atoms with Crippen LogP contribution in [-0.4, -0.2) is 25.3 Å². The number of nitrogens with two attached hydrogens (primary N) is 1. The summed E-state index contributed by atoms with van der Waals surface area (Å²) in [5.74, 6) is 0. The van der Waals surface area contributed by atoms with E-state index in [1.807, 2.05) is 0 Å². The van der Waals surface area contributed by atoms with Crippen LogP contribution in [-0.2, 0) is 4.74 Å². The third-order valence-corrected chi connectivity index (χ3v) is 1.42. The summed E-state index contributed by atoms with van der Waals surface area (Å²) in [4.78, 5) is 0. The monoisotopic (exact) mass is 116 g/mol. The second kappa shape index (κ2) is 2.46. The van der Waals surface area contributed by atoms with Crippen LogP contribution in [0.1, 0.15) is 13.8 Å². The van der Waals surface area contributed by atoms with Crippen molar-refractivity contribution >= 4 is 0 Å². The van der Waals surface area contributed by atoms with Crippen molar-refractivity contribution in [2.45, 2.75) is 25.9 Å². The molecule has 2 nitrogen and oxygen atoms in total. The molecular formula is C6H14NO+. The normalized spacial score (nSPS) is 39.8. The van der Waals surface area contributed by atoms with E-state index in [9.17, 15) is 0 Å². The van der Waals surface area contributed by atoms with Gasteiger partial charge in [0.2, 0.25) is 0 Å². The highest BCUT2D eigenvalue weighted by Gasteiger charge is 2.16. The van der Waals surface area contributed by atoms with Gasteiger partial charge in [0.1, 0.15) is 12.1 Å². The highest BCUT2D eigenvalue weighted by Crippen LogP contribution is 1.87. The van der Waals surface area contributed by atoms with Crippen LogP contribution in [0.2, 0.25) is 0 Å². The van der Waals surface area contributed by atoms with E-state index in [0.717, 1.165) is 13.2 Å². The van der Waals surface area contributed by atoms with Crippen LogP contribution in [0.15, 0.2) is 0 Å². The molecule has 1 heterocycles. The number of morpholine rings is 1. The molecular weight excluding hydrogens is 102 g/mol. The van der Waals surface area contributed by atoms with Gasteiger partial charge in [0, 0.05) is 0 Å². The molecule has 0 amide bonds. The van der Waals surface area contributed by atoms with Crippen molar-refractivity contribution in [1.82, 2.24) is 0 Å². The van der Waals surface area contributed by atoms with Gasteiger partial charge < -0.3 is 10.1 Å². The third kappa shape index (κ3) is 1.46. The van der Waals surface area contributed by atoms with Gasteiger partial charge in [-0.15, -0.1) is 0 Å². The van der Waals surface area contributed by atoms with Crippen LogP contribution in [0, 0.1) is 0 Å². The van der Waals surface area contributed by atoms with E-state index >= 15 is 0 Å². The molecule has 1 saturated heterocycles. The van der Waals surface area contributed by atoms with E-state index in [-0.39, 0.29) is 0 Å². The Morgan fingerprint density at radius 3 is 2.00 bits per heavy atom. The zero-order valence-electron chi connectivity index (χ0n) is 5.55. The van der Waals surface area contributed by atoms with Crippen LogP contribution < -0.4 is 5.32 Å². The topological polar surface area (TPSA) is 25.8 Å². The predicted octanol–water partition coefficient (Wildman–Crippen LogP) is -0.643. The van der Waals surface area contributed by atoms with Gasteiger partial charge in [0.25, 0.3) is 0 Å². The van der Waals surface area contributed by atoms with Crippen molar-refractivity contribution in [3.05, 3.63) is 0 Å². The maximum absolute atomic E-state index is 5.26. The molecule has 0 aromatic rings. The highest BCUT2D eigenvalue weighted by molar-refractivity contribution is 4.52. The van der Waals surface area contributed by atoms with E-state index in [0.29, 0.717) is 12.1 Å². The van der Waals surface area contributed by atoms with Gasteiger partial charge in [-0.25, -0.2) is 0 Å². The maximum atomic E-state index is 5.26. The lowest BCUT2D eigenvalue weighted by atomic mass is 10.2. The highest BCUT2D eigenvalue weighted by atomic mass is 16.5. The molecule has 0 bridgehead atoms. The van der Waals surface area contributed by atoms with Crippen LogP contribution in [0.5, 0.6) is 0 Å². The Morgan fingerprint density at radius 1 is 1.25 bits per heavy atom. The molecule has 0 radical (unpaired) electrons. The van der Waals surface area contributed by atoms with Gasteiger partial charge >= 0.3 is 0 Å². The number of ether oxygens (including phenoxy) is 1. The van der Waals surface area contributed by atoms with Crippen molar-refractivity contribution < 1.29 is 10.1 Å². The summed E-state index contributed by atoms with van der Waals surface area (Å²) in [5, 5.41) is 2.35. The van der Waals surface area contributed by atoms with Crippen molar-refractivity contribution in [1.29, 1.82) is 0 Å². The lowest BCUT2D eigenvalue weighted by Crippen LogP contribution is -2.97. The number of quaternary nitrogens is 1.